The normalized spacial score (nSPS) is 25.6. The van der Waals surface area contributed by atoms with Crippen LogP contribution in [0.4, 0.5) is 13.2 Å². The number of amides is 1. The molecule has 1 aromatic rings. The van der Waals surface area contributed by atoms with Gasteiger partial charge in [0.25, 0.3) is 0 Å². The van der Waals surface area contributed by atoms with E-state index in [-0.39, 0.29) is 0 Å². The highest BCUT2D eigenvalue weighted by atomic mass is 35.5. The molecule has 1 heterocycles. The molecule has 130 valence electrons. The van der Waals surface area contributed by atoms with Crippen molar-refractivity contribution in [2.24, 2.45) is 11.8 Å². The molecule has 3 rings (SSSR count). The standard InChI is InChI=1S/C16H15ClF3NO3/c17-10-3-1-2-9(6-10)15(4-5-15)14(24)21-7-11(13(22)23)12(8-21)16(18,19)20/h1-3,6,11-12H,4-5,7-8H2,(H,22,23)/t11-,12-/m1/s1. The molecule has 24 heavy (non-hydrogen) atoms. The van der Waals surface area contributed by atoms with E-state index in [2.05, 4.69) is 0 Å². The van der Waals surface area contributed by atoms with Gasteiger partial charge in [-0.25, -0.2) is 0 Å². The van der Waals surface area contributed by atoms with Gasteiger partial charge in [-0.2, -0.15) is 13.2 Å². The number of carboxylic acids is 1. The molecule has 0 spiro atoms. The van der Waals surface area contributed by atoms with E-state index < -0.39 is 48.4 Å². The maximum absolute atomic E-state index is 13.1. The summed E-state index contributed by atoms with van der Waals surface area (Å²) in [5.41, 5.74) is -0.198. The predicted molar refractivity (Wildman–Crippen MR) is 79.6 cm³/mol. The summed E-state index contributed by atoms with van der Waals surface area (Å²) >= 11 is 5.94. The first-order valence-corrected chi connectivity index (χ1v) is 7.88. The van der Waals surface area contributed by atoms with Gasteiger partial charge in [0.2, 0.25) is 5.91 Å². The molecule has 1 aliphatic heterocycles. The molecule has 1 aromatic carbocycles. The van der Waals surface area contributed by atoms with Crippen LogP contribution in [0.1, 0.15) is 18.4 Å². The van der Waals surface area contributed by atoms with Crippen molar-refractivity contribution in [2.75, 3.05) is 13.1 Å². The van der Waals surface area contributed by atoms with Crippen LogP contribution < -0.4 is 0 Å². The van der Waals surface area contributed by atoms with Crippen molar-refractivity contribution in [3.8, 4) is 0 Å². The van der Waals surface area contributed by atoms with Crippen molar-refractivity contribution in [3.05, 3.63) is 34.9 Å². The van der Waals surface area contributed by atoms with Crippen molar-refractivity contribution in [2.45, 2.75) is 24.4 Å². The van der Waals surface area contributed by atoms with Crippen molar-refractivity contribution in [3.63, 3.8) is 0 Å². The average Bonchev–Trinajstić information content (AvgIpc) is 3.16. The molecule has 2 fully saturated rings. The van der Waals surface area contributed by atoms with E-state index in [0.29, 0.717) is 23.4 Å². The molecule has 4 nitrogen and oxygen atoms in total. The van der Waals surface area contributed by atoms with Crippen molar-refractivity contribution >= 4 is 23.5 Å². The molecule has 1 saturated heterocycles. The first-order valence-electron chi connectivity index (χ1n) is 7.50. The smallest absolute Gasteiger partial charge is 0.394 e. The number of hydrogen-bond acceptors (Lipinski definition) is 2. The molecule has 1 N–H and O–H groups in total. The second-order valence-corrected chi connectivity index (χ2v) is 6.83. The van der Waals surface area contributed by atoms with Crippen LogP contribution in [0.5, 0.6) is 0 Å². The van der Waals surface area contributed by atoms with E-state index in [9.17, 15) is 22.8 Å². The number of rotatable bonds is 3. The molecule has 1 amide bonds. The maximum Gasteiger partial charge on any atom is 0.394 e. The molecule has 2 aliphatic rings. The molecule has 2 atom stereocenters. The number of likely N-dealkylation sites (tertiary alicyclic amines) is 1. The summed E-state index contributed by atoms with van der Waals surface area (Å²) in [7, 11) is 0. The summed E-state index contributed by atoms with van der Waals surface area (Å²) in [6, 6.07) is 6.70. The number of nitrogens with zero attached hydrogens (tertiary/aromatic N) is 1. The lowest BCUT2D eigenvalue weighted by Gasteiger charge is -2.24. The van der Waals surface area contributed by atoms with E-state index in [1.165, 1.54) is 0 Å². The summed E-state index contributed by atoms with van der Waals surface area (Å²) in [5.74, 6) is -5.62. The van der Waals surface area contributed by atoms with Crippen LogP contribution in [0.15, 0.2) is 24.3 Å². The largest absolute Gasteiger partial charge is 0.481 e. The maximum atomic E-state index is 13.1. The van der Waals surface area contributed by atoms with E-state index in [1.807, 2.05) is 0 Å². The van der Waals surface area contributed by atoms with Gasteiger partial charge in [-0.1, -0.05) is 23.7 Å². The van der Waals surface area contributed by atoms with Crippen LogP contribution in [0, 0.1) is 11.8 Å². The van der Waals surface area contributed by atoms with Crippen LogP contribution in [0.25, 0.3) is 0 Å². The lowest BCUT2D eigenvalue weighted by atomic mass is 9.94. The highest BCUT2D eigenvalue weighted by Crippen LogP contribution is 2.51. The van der Waals surface area contributed by atoms with Gasteiger partial charge >= 0.3 is 12.1 Å². The Kier molecular flexibility index (Phi) is 4.02. The topological polar surface area (TPSA) is 57.6 Å². The fourth-order valence-corrected chi connectivity index (χ4v) is 3.58. The van der Waals surface area contributed by atoms with E-state index in [4.69, 9.17) is 16.7 Å². The van der Waals surface area contributed by atoms with E-state index in [1.54, 1.807) is 24.3 Å². The number of hydrogen-bond donors (Lipinski definition) is 1. The molecule has 0 bridgehead atoms. The van der Waals surface area contributed by atoms with Gasteiger partial charge in [-0.05, 0) is 30.5 Å². The summed E-state index contributed by atoms with van der Waals surface area (Å²) in [4.78, 5) is 25.0. The molecular formula is C16H15ClF3NO3. The van der Waals surface area contributed by atoms with E-state index in [0.717, 1.165) is 4.90 Å². The highest BCUT2D eigenvalue weighted by molar-refractivity contribution is 6.30. The number of halogens is 4. The zero-order valence-electron chi connectivity index (χ0n) is 12.5. The Balaban J connectivity index is 1.85. The van der Waals surface area contributed by atoms with Crippen LogP contribution in [-0.4, -0.2) is 41.1 Å². The number of carboxylic acid groups (broad SMARTS) is 1. The number of alkyl halides is 3. The Hall–Kier alpha value is -1.76. The van der Waals surface area contributed by atoms with Gasteiger partial charge in [0.1, 0.15) is 0 Å². The minimum Gasteiger partial charge on any atom is -0.481 e. The van der Waals surface area contributed by atoms with Gasteiger partial charge in [-0.3, -0.25) is 9.59 Å². The summed E-state index contributed by atoms with van der Waals surface area (Å²) < 4.78 is 39.2. The molecule has 0 unspecified atom stereocenters. The highest BCUT2D eigenvalue weighted by Gasteiger charge is 2.58. The Labute approximate surface area is 141 Å². The van der Waals surface area contributed by atoms with Gasteiger partial charge in [0, 0.05) is 18.1 Å². The van der Waals surface area contributed by atoms with Gasteiger partial charge in [-0.15, -0.1) is 0 Å². The van der Waals surface area contributed by atoms with Crippen LogP contribution in [0.3, 0.4) is 0 Å². The minimum atomic E-state index is -4.65. The Morgan fingerprint density at radius 1 is 1.25 bits per heavy atom. The zero-order chi connectivity index (χ0) is 17.7. The van der Waals surface area contributed by atoms with Crippen molar-refractivity contribution < 1.29 is 27.9 Å². The van der Waals surface area contributed by atoms with Gasteiger partial charge in [0.15, 0.2) is 0 Å². The number of carbonyl (C=O) groups is 2. The fraction of sp³-hybridized carbons (Fsp3) is 0.500. The lowest BCUT2D eigenvalue weighted by Crippen LogP contribution is -2.39. The summed E-state index contributed by atoms with van der Waals surface area (Å²) in [6.45, 7) is -1.03. The summed E-state index contributed by atoms with van der Waals surface area (Å²) in [5, 5.41) is 9.51. The third kappa shape index (κ3) is 2.85. The van der Waals surface area contributed by atoms with Crippen LogP contribution >= 0.6 is 11.6 Å². The third-order valence-corrected chi connectivity index (χ3v) is 5.12. The van der Waals surface area contributed by atoms with Gasteiger partial charge in [0.05, 0.1) is 17.3 Å². The number of carbonyl (C=O) groups excluding carboxylic acids is 1. The Bertz CT molecular complexity index is 687. The van der Waals surface area contributed by atoms with Crippen molar-refractivity contribution in [1.29, 1.82) is 0 Å². The Morgan fingerprint density at radius 3 is 2.38 bits per heavy atom. The SMILES string of the molecule is O=C(O)[C@@H]1CN(C(=O)C2(c3cccc(Cl)c3)CC2)C[C@H]1C(F)(F)F. The molecule has 1 aliphatic carbocycles. The molecular weight excluding hydrogens is 347 g/mol. The number of aliphatic carboxylic acids is 1. The summed E-state index contributed by atoms with van der Waals surface area (Å²) in [6.07, 6.45) is -3.60. The second-order valence-electron chi connectivity index (χ2n) is 6.40. The quantitative estimate of drug-likeness (QED) is 0.900. The predicted octanol–water partition coefficient (Wildman–Crippen LogP) is 3.09. The zero-order valence-corrected chi connectivity index (χ0v) is 13.3. The Morgan fingerprint density at radius 2 is 1.92 bits per heavy atom. The van der Waals surface area contributed by atoms with Crippen LogP contribution in [-0.2, 0) is 15.0 Å². The molecule has 0 aromatic heterocycles. The molecule has 1 saturated carbocycles. The average molecular weight is 362 g/mol. The fourth-order valence-electron chi connectivity index (χ4n) is 3.39. The second kappa shape index (κ2) is 5.65. The van der Waals surface area contributed by atoms with E-state index >= 15 is 0 Å². The first kappa shape index (κ1) is 17.1. The lowest BCUT2D eigenvalue weighted by molar-refractivity contribution is -0.188. The first-order chi connectivity index (χ1) is 11.1. The monoisotopic (exact) mass is 361 g/mol. The molecule has 8 heteroatoms. The minimum absolute atomic E-state index is 0.416. The molecule has 0 radical (unpaired) electrons. The van der Waals surface area contributed by atoms with Crippen LogP contribution in [0.2, 0.25) is 5.02 Å². The van der Waals surface area contributed by atoms with Crippen molar-refractivity contribution in [1.82, 2.24) is 4.90 Å². The van der Waals surface area contributed by atoms with Gasteiger partial charge < -0.3 is 10.0 Å². The number of benzene rings is 1. The third-order valence-electron chi connectivity index (χ3n) is 4.88.